The van der Waals surface area contributed by atoms with Crippen molar-refractivity contribution in [2.45, 2.75) is 12.3 Å². The lowest BCUT2D eigenvalue weighted by Crippen LogP contribution is -2.48. The molecule has 0 spiro atoms. The molecule has 98 valence electrons. The van der Waals surface area contributed by atoms with Gasteiger partial charge in [0.25, 0.3) is 5.91 Å². The van der Waals surface area contributed by atoms with Crippen LogP contribution >= 0.6 is 0 Å². The van der Waals surface area contributed by atoms with Crippen LogP contribution in [0.1, 0.15) is 11.1 Å². The van der Waals surface area contributed by atoms with Gasteiger partial charge in [-0.3, -0.25) is 4.90 Å². The first-order valence-corrected chi connectivity index (χ1v) is 5.71. The van der Waals surface area contributed by atoms with Gasteiger partial charge in [-0.15, -0.1) is 0 Å². The van der Waals surface area contributed by atoms with Gasteiger partial charge >= 0.3 is 0 Å². The van der Waals surface area contributed by atoms with Crippen LogP contribution in [0.3, 0.4) is 0 Å². The van der Waals surface area contributed by atoms with Crippen molar-refractivity contribution in [2.75, 3.05) is 27.5 Å². The number of fused-ring (bicyclic) bond motifs is 2. The molecule has 1 aromatic rings. The quantitative estimate of drug-likeness (QED) is 0.687. The Kier molecular flexibility index (Phi) is 2.41. The average molecular weight is 253 g/mol. The van der Waals surface area contributed by atoms with Crippen molar-refractivity contribution in [2.24, 2.45) is 0 Å². The maximum atomic E-state index is 10.2. The Hall–Kier alpha value is -1.50. The minimum Gasteiger partial charge on any atom is -0.492 e. The normalized spacial score (nSPS) is 20.7. The van der Waals surface area contributed by atoms with Crippen molar-refractivity contribution in [3.63, 3.8) is 0 Å². The number of methoxy groups -OCH3 is 1. The molecule has 0 fully saturated rings. The molecule has 0 aromatic heterocycles. The summed E-state index contributed by atoms with van der Waals surface area (Å²) < 4.78 is 15.9. The Bertz CT molecular complexity index is 500. The maximum Gasteiger partial charge on any atom is 0.257 e. The Balaban J connectivity index is 2.26. The molecule has 0 aliphatic carbocycles. The third kappa shape index (κ3) is 1.40. The van der Waals surface area contributed by atoms with E-state index >= 15 is 0 Å². The summed E-state index contributed by atoms with van der Waals surface area (Å²) in [4.78, 5) is 1.46. The van der Waals surface area contributed by atoms with Crippen LogP contribution in [-0.2, 0) is 12.3 Å². The highest BCUT2D eigenvalue weighted by atomic mass is 16.7. The van der Waals surface area contributed by atoms with E-state index in [2.05, 4.69) is 0 Å². The van der Waals surface area contributed by atoms with Crippen LogP contribution < -0.4 is 14.2 Å². The van der Waals surface area contributed by atoms with Gasteiger partial charge in [-0.1, -0.05) is 0 Å². The van der Waals surface area contributed by atoms with Gasteiger partial charge in [0.2, 0.25) is 12.5 Å². The number of likely N-dealkylation sites (N-methyl/N-ethyl adjacent to an activating group) is 1. The lowest BCUT2D eigenvalue weighted by atomic mass is 9.94. The van der Waals surface area contributed by atoms with Crippen molar-refractivity contribution in [3.05, 3.63) is 17.2 Å². The number of nitrogens with zero attached hydrogens (tertiary/aromatic N) is 1. The topological polar surface area (TPSA) is 71.4 Å². The molecule has 0 unspecified atom stereocenters. The molecule has 2 aliphatic rings. The van der Waals surface area contributed by atoms with Crippen molar-refractivity contribution < 1.29 is 24.4 Å². The van der Waals surface area contributed by atoms with E-state index in [4.69, 9.17) is 14.2 Å². The van der Waals surface area contributed by atoms with E-state index in [1.807, 2.05) is 0 Å². The molecule has 0 bridgehead atoms. The predicted molar refractivity (Wildman–Crippen MR) is 61.6 cm³/mol. The van der Waals surface area contributed by atoms with Crippen LogP contribution in [0.5, 0.6) is 17.2 Å². The zero-order valence-corrected chi connectivity index (χ0v) is 10.3. The van der Waals surface area contributed by atoms with E-state index in [1.54, 1.807) is 13.1 Å². The molecule has 0 saturated heterocycles. The Morgan fingerprint density at radius 2 is 2.17 bits per heavy atom. The van der Waals surface area contributed by atoms with Gasteiger partial charge in [0.15, 0.2) is 11.5 Å². The lowest BCUT2D eigenvalue weighted by molar-refractivity contribution is -0.272. The molecule has 6 nitrogen and oxygen atoms in total. The van der Waals surface area contributed by atoms with Gasteiger partial charge in [-0.25, -0.2) is 0 Å². The van der Waals surface area contributed by atoms with Crippen LogP contribution in [0.15, 0.2) is 6.07 Å². The van der Waals surface area contributed by atoms with Crippen molar-refractivity contribution in [1.82, 2.24) is 4.90 Å². The first-order valence-electron chi connectivity index (χ1n) is 5.71. The summed E-state index contributed by atoms with van der Waals surface area (Å²) in [6, 6.07) is 1.79. The molecule has 0 amide bonds. The van der Waals surface area contributed by atoms with Gasteiger partial charge in [-0.05, 0) is 25.1 Å². The number of hydrogen-bond acceptors (Lipinski definition) is 6. The van der Waals surface area contributed by atoms with E-state index < -0.39 is 5.91 Å². The van der Waals surface area contributed by atoms with Crippen LogP contribution in [0, 0.1) is 0 Å². The Morgan fingerprint density at radius 1 is 1.39 bits per heavy atom. The summed E-state index contributed by atoms with van der Waals surface area (Å²) >= 11 is 0. The highest BCUT2D eigenvalue weighted by Gasteiger charge is 2.42. The fraction of sp³-hybridized carbons (Fsp3) is 0.500. The summed E-state index contributed by atoms with van der Waals surface area (Å²) in [5.41, 5.74) is 1.14. The van der Waals surface area contributed by atoms with Crippen LogP contribution in [0.4, 0.5) is 0 Å². The van der Waals surface area contributed by atoms with E-state index in [-0.39, 0.29) is 6.79 Å². The average Bonchev–Trinajstić information content (AvgIpc) is 2.79. The first-order chi connectivity index (χ1) is 8.55. The molecule has 0 radical (unpaired) electrons. The van der Waals surface area contributed by atoms with Gasteiger partial charge < -0.3 is 24.4 Å². The number of ether oxygens (including phenoxy) is 3. The van der Waals surface area contributed by atoms with E-state index in [0.29, 0.717) is 35.8 Å². The summed E-state index contributed by atoms with van der Waals surface area (Å²) in [6.07, 6.45) is 0.696. The number of benzene rings is 1. The first kappa shape index (κ1) is 11.6. The monoisotopic (exact) mass is 253 g/mol. The van der Waals surface area contributed by atoms with Gasteiger partial charge in [-0.2, -0.15) is 0 Å². The summed E-state index contributed by atoms with van der Waals surface area (Å²) in [5.74, 6) is -0.707. The summed E-state index contributed by atoms with van der Waals surface area (Å²) in [5, 5.41) is 20.5. The number of aliphatic hydroxyl groups is 2. The zero-order chi connectivity index (χ0) is 12.9. The SMILES string of the molecule is COc1c2c(cc3c1C(O)(O)N(C)CC3)OCO2. The third-order valence-electron chi connectivity index (χ3n) is 3.49. The highest BCUT2D eigenvalue weighted by molar-refractivity contribution is 5.61. The highest BCUT2D eigenvalue weighted by Crippen LogP contribution is 2.49. The Morgan fingerprint density at radius 3 is 2.89 bits per heavy atom. The van der Waals surface area contributed by atoms with Crippen molar-refractivity contribution >= 4 is 0 Å². The Labute approximate surface area is 104 Å². The molecule has 2 N–H and O–H groups in total. The summed E-state index contributed by atoms with van der Waals surface area (Å²) in [6.45, 7) is 0.664. The lowest BCUT2D eigenvalue weighted by Gasteiger charge is -2.38. The number of hydrogen-bond donors (Lipinski definition) is 2. The molecule has 6 heteroatoms. The number of rotatable bonds is 1. The zero-order valence-electron chi connectivity index (χ0n) is 10.3. The van der Waals surface area contributed by atoms with Crippen LogP contribution in [0.25, 0.3) is 0 Å². The van der Waals surface area contributed by atoms with Crippen LogP contribution in [-0.4, -0.2) is 42.6 Å². The van der Waals surface area contributed by atoms with Crippen molar-refractivity contribution in [1.29, 1.82) is 0 Å². The smallest absolute Gasteiger partial charge is 0.257 e. The minimum atomic E-state index is -2.06. The molecule has 2 heterocycles. The molecular formula is C12H15NO5. The standard InChI is InChI=1S/C12H15NO5/c1-13-4-3-7-5-8-10(18-6-17-8)11(16-2)9(7)12(13,14)15/h5,14-15H,3-4,6H2,1-2H3. The molecule has 0 saturated carbocycles. The second kappa shape index (κ2) is 3.74. The van der Waals surface area contributed by atoms with Crippen molar-refractivity contribution in [3.8, 4) is 17.2 Å². The van der Waals surface area contributed by atoms with Gasteiger partial charge in [0, 0.05) is 6.54 Å². The van der Waals surface area contributed by atoms with Gasteiger partial charge in [0.1, 0.15) is 0 Å². The second-order valence-corrected chi connectivity index (χ2v) is 4.48. The molecule has 18 heavy (non-hydrogen) atoms. The molecule has 1 aromatic carbocycles. The fourth-order valence-electron chi connectivity index (χ4n) is 2.46. The van der Waals surface area contributed by atoms with Gasteiger partial charge in [0.05, 0.1) is 12.7 Å². The second-order valence-electron chi connectivity index (χ2n) is 4.48. The molecule has 3 rings (SSSR count). The predicted octanol–water partition coefficient (Wildman–Crippen LogP) is 0.00670. The molecular weight excluding hydrogens is 238 g/mol. The molecule has 0 atom stereocenters. The minimum absolute atomic E-state index is 0.119. The fourth-order valence-corrected chi connectivity index (χ4v) is 2.46. The third-order valence-corrected chi connectivity index (χ3v) is 3.49. The summed E-state index contributed by atoms with van der Waals surface area (Å²) in [7, 11) is 3.12. The van der Waals surface area contributed by atoms with Crippen LogP contribution in [0.2, 0.25) is 0 Å². The molecule has 2 aliphatic heterocycles. The maximum absolute atomic E-state index is 10.2. The van der Waals surface area contributed by atoms with E-state index in [0.717, 1.165) is 5.56 Å². The van der Waals surface area contributed by atoms with E-state index in [1.165, 1.54) is 12.0 Å². The largest absolute Gasteiger partial charge is 0.492 e. The van der Waals surface area contributed by atoms with E-state index in [9.17, 15) is 10.2 Å².